The van der Waals surface area contributed by atoms with Gasteiger partial charge in [-0.3, -0.25) is 0 Å². The van der Waals surface area contributed by atoms with Crippen LogP contribution in [0.1, 0.15) is 50.6 Å². The predicted octanol–water partition coefficient (Wildman–Crippen LogP) is 5.82. The number of ether oxygens (including phenoxy) is 1. The van der Waals surface area contributed by atoms with Crippen LogP contribution in [0.15, 0.2) is 66.9 Å². The molecule has 3 aromatic rings. The van der Waals surface area contributed by atoms with Gasteiger partial charge in [0.1, 0.15) is 5.75 Å². The van der Waals surface area contributed by atoms with E-state index in [0.29, 0.717) is 13.2 Å². The Morgan fingerprint density at radius 1 is 1.03 bits per heavy atom. The first-order chi connectivity index (χ1) is 14.9. The topological polar surface area (TPSA) is 46.5 Å². The van der Waals surface area contributed by atoms with Crippen LogP contribution >= 0.6 is 0 Å². The molecule has 4 rings (SSSR count). The average Bonchev–Trinajstić information content (AvgIpc) is 3.22. The monoisotopic (exact) mass is 417 g/mol. The second-order valence-electron chi connectivity index (χ2n) is 8.98. The molecule has 5 heteroatoms. The van der Waals surface area contributed by atoms with Crippen molar-refractivity contribution in [3.8, 4) is 5.75 Å². The highest BCUT2D eigenvalue weighted by molar-refractivity contribution is 5.90. The third-order valence-corrected chi connectivity index (χ3v) is 5.81. The third-order valence-electron chi connectivity index (χ3n) is 5.81. The lowest BCUT2D eigenvalue weighted by atomic mass is 9.87. The molecule has 1 aromatic heterocycles. The van der Waals surface area contributed by atoms with Gasteiger partial charge in [-0.2, -0.15) is 0 Å². The number of urea groups is 1. The number of benzene rings is 2. The lowest BCUT2D eigenvalue weighted by Crippen LogP contribution is -2.44. The zero-order valence-corrected chi connectivity index (χ0v) is 18.8. The molecule has 5 nitrogen and oxygen atoms in total. The molecule has 0 spiro atoms. The number of amides is 2. The number of hydrogen-bond donors (Lipinski definition) is 1. The summed E-state index contributed by atoms with van der Waals surface area (Å²) in [6, 6.07) is 20.1. The van der Waals surface area contributed by atoms with Crippen LogP contribution in [-0.2, 0) is 12.0 Å². The van der Waals surface area contributed by atoms with Gasteiger partial charge in [-0.1, -0.05) is 45.0 Å². The van der Waals surface area contributed by atoms with Crippen molar-refractivity contribution in [1.82, 2.24) is 9.47 Å². The molecule has 0 aliphatic carbocycles. The summed E-state index contributed by atoms with van der Waals surface area (Å²) < 4.78 is 7.82. The SMILES string of the molecule is CCOc1ccc([C@@H]2c3cccn3CCN2C(=O)Nc2ccc(C(C)(C)C)cc2)cc1. The first-order valence-electron chi connectivity index (χ1n) is 10.9. The highest BCUT2D eigenvalue weighted by Crippen LogP contribution is 2.34. The maximum Gasteiger partial charge on any atom is 0.322 e. The number of anilines is 1. The zero-order chi connectivity index (χ0) is 22.0. The molecule has 1 aliphatic heterocycles. The minimum Gasteiger partial charge on any atom is -0.494 e. The summed E-state index contributed by atoms with van der Waals surface area (Å²) in [6.45, 7) is 10.6. The standard InChI is InChI=1S/C26H31N3O2/c1-5-31-22-14-8-19(9-15-22)24-23-7-6-16-28(23)17-18-29(24)25(30)27-21-12-10-20(11-13-21)26(2,3)4/h6-16,24H,5,17-18H2,1-4H3,(H,27,30)/t24-/m1/s1. The number of hydrogen-bond acceptors (Lipinski definition) is 2. The molecular formula is C26H31N3O2. The van der Waals surface area contributed by atoms with E-state index >= 15 is 0 Å². The molecule has 0 radical (unpaired) electrons. The molecule has 2 heterocycles. The van der Waals surface area contributed by atoms with Gasteiger partial charge in [0, 0.05) is 30.7 Å². The Morgan fingerprint density at radius 2 is 1.74 bits per heavy atom. The van der Waals surface area contributed by atoms with Crippen molar-refractivity contribution in [2.75, 3.05) is 18.5 Å². The van der Waals surface area contributed by atoms with Crippen molar-refractivity contribution in [3.05, 3.63) is 83.7 Å². The second kappa shape index (κ2) is 8.50. The highest BCUT2D eigenvalue weighted by Gasteiger charge is 2.32. The van der Waals surface area contributed by atoms with E-state index in [-0.39, 0.29) is 17.5 Å². The van der Waals surface area contributed by atoms with Crippen LogP contribution in [0, 0.1) is 0 Å². The van der Waals surface area contributed by atoms with E-state index in [1.807, 2.05) is 42.2 Å². The van der Waals surface area contributed by atoms with Crippen molar-refractivity contribution in [1.29, 1.82) is 0 Å². The molecule has 0 saturated carbocycles. The summed E-state index contributed by atoms with van der Waals surface area (Å²) in [5, 5.41) is 3.10. The van der Waals surface area contributed by atoms with E-state index in [0.717, 1.165) is 29.2 Å². The van der Waals surface area contributed by atoms with Gasteiger partial charge in [-0.15, -0.1) is 0 Å². The van der Waals surface area contributed by atoms with Crippen LogP contribution < -0.4 is 10.1 Å². The Morgan fingerprint density at radius 3 is 2.39 bits per heavy atom. The van der Waals surface area contributed by atoms with Crippen LogP contribution in [0.4, 0.5) is 10.5 Å². The minimum absolute atomic E-state index is 0.0829. The Bertz CT molecular complexity index is 1030. The maximum atomic E-state index is 13.3. The number of nitrogens with one attached hydrogen (secondary N) is 1. The van der Waals surface area contributed by atoms with E-state index < -0.39 is 0 Å². The summed E-state index contributed by atoms with van der Waals surface area (Å²) >= 11 is 0. The van der Waals surface area contributed by atoms with Crippen molar-refractivity contribution >= 4 is 11.7 Å². The molecule has 2 aromatic carbocycles. The number of aromatic nitrogens is 1. The van der Waals surface area contributed by atoms with Gasteiger partial charge < -0.3 is 19.5 Å². The Hall–Kier alpha value is -3.21. The average molecular weight is 418 g/mol. The summed E-state index contributed by atoms with van der Waals surface area (Å²) in [7, 11) is 0. The van der Waals surface area contributed by atoms with Crippen molar-refractivity contribution in [3.63, 3.8) is 0 Å². The molecule has 1 aliphatic rings. The van der Waals surface area contributed by atoms with E-state index in [9.17, 15) is 4.79 Å². The molecular weight excluding hydrogens is 386 g/mol. The molecule has 0 unspecified atom stereocenters. The number of carbonyl (C=O) groups excluding carboxylic acids is 1. The first kappa shape index (κ1) is 21.0. The van der Waals surface area contributed by atoms with E-state index in [1.54, 1.807) is 0 Å². The maximum absolute atomic E-state index is 13.3. The van der Waals surface area contributed by atoms with Crippen LogP contribution in [0.25, 0.3) is 0 Å². The van der Waals surface area contributed by atoms with Crippen LogP contribution in [-0.4, -0.2) is 28.6 Å². The van der Waals surface area contributed by atoms with Crippen LogP contribution in [0.5, 0.6) is 5.75 Å². The lowest BCUT2D eigenvalue weighted by Gasteiger charge is -2.37. The predicted molar refractivity (Wildman–Crippen MR) is 125 cm³/mol. The fraction of sp³-hybridized carbons (Fsp3) is 0.346. The number of carbonyl (C=O) groups is 1. The molecule has 0 bridgehead atoms. The van der Waals surface area contributed by atoms with E-state index in [4.69, 9.17) is 4.74 Å². The summed E-state index contributed by atoms with van der Waals surface area (Å²) in [6.07, 6.45) is 2.08. The van der Waals surface area contributed by atoms with Crippen LogP contribution in [0.3, 0.4) is 0 Å². The fourth-order valence-corrected chi connectivity index (χ4v) is 4.11. The number of nitrogens with zero attached hydrogens (tertiary/aromatic N) is 2. The quantitative estimate of drug-likeness (QED) is 0.581. The molecule has 0 fully saturated rings. The van der Waals surface area contributed by atoms with Gasteiger partial charge in [0.2, 0.25) is 0 Å². The Balaban J connectivity index is 1.59. The summed E-state index contributed by atoms with van der Waals surface area (Å²) in [5.41, 5.74) is 4.33. The Labute approximate surface area is 184 Å². The minimum atomic E-state index is -0.145. The van der Waals surface area contributed by atoms with E-state index in [1.165, 1.54) is 5.56 Å². The fourth-order valence-electron chi connectivity index (χ4n) is 4.11. The first-order valence-corrected chi connectivity index (χ1v) is 10.9. The van der Waals surface area contributed by atoms with Gasteiger partial charge in [-0.25, -0.2) is 4.79 Å². The largest absolute Gasteiger partial charge is 0.494 e. The van der Waals surface area contributed by atoms with Gasteiger partial charge in [0.25, 0.3) is 0 Å². The molecule has 1 atom stereocenters. The van der Waals surface area contributed by atoms with Crippen LogP contribution in [0.2, 0.25) is 0 Å². The molecule has 0 saturated heterocycles. The van der Waals surface area contributed by atoms with Gasteiger partial charge in [0.15, 0.2) is 0 Å². The third kappa shape index (κ3) is 4.46. The van der Waals surface area contributed by atoms with Crippen molar-refractivity contribution < 1.29 is 9.53 Å². The normalized spacial score (nSPS) is 16.0. The lowest BCUT2D eigenvalue weighted by molar-refractivity contribution is 0.182. The smallest absolute Gasteiger partial charge is 0.322 e. The molecule has 1 N–H and O–H groups in total. The van der Waals surface area contributed by atoms with E-state index in [2.05, 4.69) is 67.2 Å². The highest BCUT2D eigenvalue weighted by atomic mass is 16.5. The molecule has 162 valence electrons. The summed E-state index contributed by atoms with van der Waals surface area (Å²) in [4.78, 5) is 15.2. The molecule has 31 heavy (non-hydrogen) atoms. The van der Waals surface area contributed by atoms with Gasteiger partial charge in [-0.05, 0) is 59.9 Å². The number of rotatable bonds is 4. The van der Waals surface area contributed by atoms with Crippen molar-refractivity contribution in [2.24, 2.45) is 0 Å². The zero-order valence-electron chi connectivity index (χ0n) is 18.8. The second-order valence-corrected chi connectivity index (χ2v) is 8.98. The van der Waals surface area contributed by atoms with Gasteiger partial charge >= 0.3 is 6.03 Å². The molecule has 2 amide bonds. The Kier molecular flexibility index (Phi) is 5.77. The van der Waals surface area contributed by atoms with Crippen molar-refractivity contribution in [2.45, 2.75) is 45.7 Å². The summed E-state index contributed by atoms with van der Waals surface area (Å²) in [5.74, 6) is 0.840. The number of fused-ring (bicyclic) bond motifs is 1. The van der Waals surface area contributed by atoms with Gasteiger partial charge in [0.05, 0.1) is 12.6 Å².